The molecule has 0 radical (unpaired) electrons. The molecule has 0 bridgehead atoms. The first-order valence-electron chi connectivity index (χ1n) is 7.63. The molecular formula is C19H17NO3S. The zero-order valence-corrected chi connectivity index (χ0v) is 13.9. The third-order valence-corrected chi connectivity index (χ3v) is 4.17. The molecule has 0 amide bonds. The number of carbonyl (C=O) groups excluding carboxylic acids is 1. The van der Waals surface area contributed by atoms with E-state index < -0.39 is 0 Å². The number of ether oxygens (including phenoxy) is 2. The number of fused-ring (bicyclic) bond motifs is 1. The van der Waals surface area contributed by atoms with Gasteiger partial charge >= 0.3 is 5.97 Å². The van der Waals surface area contributed by atoms with Crippen molar-refractivity contribution in [3.8, 4) is 5.75 Å². The Balaban J connectivity index is 1.40. The molecule has 2 aromatic carbocycles. The van der Waals surface area contributed by atoms with Gasteiger partial charge in [-0.15, -0.1) is 0 Å². The first-order valence-corrected chi connectivity index (χ1v) is 8.62. The Morgan fingerprint density at radius 2 is 1.71 bits per heavy atom. The van der Waals surface area contributed by atoms with E-state index in [0.717, 1.165) is 21.7 Å². The molecule has 0 atom stereocenters. The lowest BCUT2D eigenvalue weighted by Crippen LogP contribution is -2.13. The van der Waals surface area contributed by atoms with Crippen molar-refractivity contribution < 1.29 is 14.3 Å². The van der Waals surface area contributed by atoms with Crippen LogP contribution in [0.4, 0.5) is 0 Å². The van der Waals surface area contributed by atoms with Crippen molar-refractivity contribution in [3.05, 3.63) is 66.7 Å². The van der Waals surface area contributed by atoms with E-state index in [-0.39, 0.29) is 18.3 Å². The molecule has 0 spiro atoms. The number of para-hydroxylation sites is 2. The molecule has 0 fully saturated rings. The monoisotopic (exact) mass is 339 g/mol. The predicted molar refractivity (Wildman–Crippen MR) is 95.4 cm³/mol. The third-order valence-electron chi connectivity index (χ3n) is 3.27. The summed E-state index contributed by atoms with van der Waals surface area (Å²) in [6.45, 7) is 0.577. The van der Waals surface area contributed by atoms with Crippen molar-refractivity contribution >= 4 is 28.6 Å². The number of benzene rings is 2. The summed E-state index contributed by atoms with van der Waals surface area (Å²) >= 11 is 1.37. The Morgan fingerprint density at radius 3 is 2.58 bits per heavy atom. The fourth-order valence-electron chi connectivity index (χ4n) is 2.13. The number of aromatic nitrogens is 1. The number of esters is 1. The topological polar surface area (TPSA) is 48.4 Å². The Kier molecular flexibility index (Phi) is 5.69. The summed E-state index contributed by atoms with van der Waals surface area (Å²) in [6, 6.07) is 21.3. The number of hydrogen-bond donors (Lipinski definition) is 0. The minimum Gasteiger partial charge on any atom is -0.490 e. The van der Waals surface area contributed by atoms with Crippen LogP contribution in [0.25, 0.3) is 10.9 Å². The molecule has 0 aliphatic rings. The Labute approximate surface area is 144 Å². The van der Waals surface area contributed by atoms with E-state index in [1.807, 2.05) is 66.7 Å². The SMILES string of the molecule is O=C(CSc1ccc2ccccc2n1)OCCOc1ccccc1. The second kappa shape index (κ2) is 8.36. The molecule has 24 heavy (non-hydrogen) atoms. The lowest BCUT2D eigenvalue weighted by atomic mass is 10.2. The van der Waals surface area contributed by atoms with Gasteiger partial charge in [-0.25, -0.2) is 4.98 Å². The first kappa shape index (κ1) is 16.3. The number of thioether (sulfide) groups is 1. The number of rotatable bonds is 7. The van der Waals surface area contributed by atoms with Gasteiger partial charge in [-0.3, -0.25) is 4.79 Å². The molecule has 0 aliphatic carbocycles. The van der Waals surface area contributed by atoms with Gasteiger partial charge in [-0.1, -0.05) is 54.2 Å². The molecule has 0 aliphatic heterocycles. The minimum absolute atomic E-state index is 0.233. The van der Waals surface area contributed by atoms with Crippen LogP contribution in [0.15, 0.2) is 71.8 Å². The molecule has 0 saturated carbocycles. The molecule has 3 aromatic rings. The highest BCUT2D eigenvalue weighted by Gasteiger charge is 2.06. The van der Waals surface area contributed by atoms with Crippen molar-refractivity contribution in [2.24, 2.45) is 0 Å². The van der Waals surface area contributed by atoms with Crippen molar-refractivity contribution in [2.75, 3.05) is 19.0 Å². The van der Waals surface area contributed by atoms with E-state index in [2.05, 4.69) is 4.98 Å². The van der Waals surface area contributed by atoms with Gasteiger partial charge in [0, 0.05) is 5.39 Å². The van der Waals surface area contributed by atoms with Gasteiger partial charge in [0.2, 0.25) is 0 Å². The number of nitrogens with zero attached hydrogens (tertiary/aromatic N) is 1. The standard InChI is InChI=1S/C19H17NO3S/c21-19(23-13-12-22-16-7-2-1-3-8-16)14-24-18-11-10-15-6-4-5-9-17(15)20-18/h1-11H,12-14H2. The van der Waals surface area contributed by atoms with E-state index in [4.69, 9.17) is 9.47 Å². The van der Waals surface area contributed by atoms with Crippen molar-refractivity contribution in [1.82, 2.24) is 4.98 Å². The normalized spacial score (nSPS) is 10.5. The molecule has 3 rings (SSSR count). The molecule has 0 saturated heterocycles. The van der Waals surface area contributed by atoms with Gasteiger partial charge in [-0.2, -0.15) is 0 Å². The highest BCUT2D eigenvalue weighted by atomic mass is 32.2. The smallest absolute Gasteiger partial charge is 0.316 e. The zero-order chi connectivity index (χ0) is 16.6. The summed E-state index contributed by atoms with van der Waals surface area (Å²) in [7, 11) is 0. The maximum atomic E-state index is 11.8. The van der Waals surface area contributed by atoms with Gasteiger partial charge in [0.25, 0.3) is 0 Å². The van der Waals surface area contributed by atoms with E-state index in [1.165, 1.54) is 11.8 Å². The van der Waals surface area contributed by atoms with Crippen LogP contribution in [0.5, 0.6) is 5.75 Å². The molecule has 5 heteroatoms. The average Bonchev–Trinajstić information content (AvgIpc) is 2.64. The van der Waals surface area contributed by atoms with Crippen molar-refractivity contribution in [3.63, 3.8) is 0 Å². The predicted octanol–water partition coefficient (Wildman–Crippen LogP) is 3.95. The number of carbonyl (C=O) groups is 1. The maximum Gasteiger partial charge on any atom is 0.316 e. The van der Waals surface area contributed by atoms with Gasteiger partial charge in [-0.05, 0) is 24.3 Å². The second-order valence-corrected chi connectivity index (χ2v) is 6.01. The summed E-state index contributed by atoms with van der Waals surface area (Å²) in [4.78, 5) is 16.3. The molecule has 4 nitrogen and oxygen atoms in total. The van der Waals surface area contributed by atoms with Crippen LogP contribution in [0.1, 0.15) is 0 Å². The van der Waals surface area contributed by atoms with E-state index in [0.29, 0.717) is 6.61 Å². The molecule has 1 aromatic heterocycles. The largest absolute Gasteiger partial charge is 0.490 e. The second-order valence-electron chi connectivity index (χ2n) is 5.01. The number of hydrogen-bond acceptors (Lipinski definition) is 5. The van der Waals surface area contributed by atoms with Crippen LogP contribution in [0, 0.1) is 0 Å². The first-order chi connectivity index (χ1) is 11.8. The van der Waals surface area contributed by atoms with E-state index in [9.17, 15) is 4.79 Å². The fourth-order valence-corrected chi connectivity index (χ4v) is 2.81. The van der Waals surface area contributed by atoms with Crippen LogP contribution in [-0.4, -0.2) is 29.9 Å². The molecular weight excluding hydrogens is 322 g/mol. The van der Waals surface area contributed by atoms with Crippen LogP contribution >= 0.6 is 11.8 Å². The molecule has 0 unspecified atom stereocenters. The van der Waals surface area contributed by atoms with Crippen LogP contribution in [0.2, 0.25) is 0 Å². The Morgan fingerprint density at radius 1 is 0.917 bits per heavy atom. The minimum atomic E-state index is -0.272. The lowest BCUT2D eigenvalue weighted by molar-refractivity contribution is -0.141. The fraction of sp³-hybridized carbons (Fsp3) is 0.158. The van der Waals surface area contributed by atoms with Gasteiger partial charge in [0.1, 0.15) is 19.0 Å². The van der Waals surface area contributed by atoms with Crippen LogP contribution < -0.4 is 4.74 Å². The van der Waals surface area contributed by atoms with Gasteiger partial charge in [0.05, 0.1) is 16.3 Å². The third kappa shape index (κ3) is 4.73. The van der Waals surface area contributed by atoms with Crippen molar-refractivity contribution in [1.29, 1.82) is 0 Å². The van der Waals surface area contributed by atoms with E-state index in [1.54, 1.807) is 0 Å². The van der Waals surface area contributed by atoms with Crippen LogP contribution in [0.3, 0.4) is 0 Å². The zero-order valence-electron chi connectivity index (χ0n) is 13.1. The molecule has 122 valence electrons. The molecule has 0 N–H and O–H groups in total. The van der Waals surface area contributed by atoms with E-state index >= 15 is 0 Å². The highest BCUT2D eigenvalue weighted by molar-refractivity contribution is 7.99. The Hall–Kier alpha value is -2.53. The number of pyridine rings is 1. The maximum absolute atomic E-state index is 11.8. The Bertz CT molecular complexity index is 808. The van der Waals surface area contributed by atoms with Gasteiger partial charge in [0.15, 0.2) is 0 Å². The summed E-state index contributed by atoms with van der Waals surface area (Å²) in [5.74, 6) is 0.728. The summed E-state index contributed by atoms with van der Waals surface area (Å²) in [5.41, 5.74) is 0.923. The van der Waals surface area contributed by atoms with Gasteiger partial charge < -0.3 is 9.47 Å². The van der Waals surface area contributed by atoms with Crippen molar-refractivity contribution in [2.45, 2.75) is 5.03 Å². The summed E-state index contributed by atoms with van der Waals surface area (Å²) < 4.78 is 10.6. The quantitative estimate of drug-likeness (QED) is 0.371. The lowest BCUT2D eigenvalue weighted by Gasteiger charge is -2.07. The average molecular weight is 339 g/mol. The summed E-state index contributed by atoms with van der Waals surface area (Å²) in [5, 5.41) is 1.90. The highest BCUT2D eigenvalue weighted by Crippen LogP contribution is 2.19. The summed E-state index contributed by atoms with van der Waals surface area (Å²) in [6.07, 6.45) is 0. The van der Waals surface area contributed by atoms with Crippen LogP contribution in [-0.2, 0) is 9.53 Å². The molecule has 1 heterocycles.